The summed E-state index contributed by atoms with van der Waals surface area (Å²) in [6.07, 6.45) is 0.853. The number of hydrogen-bond donors (Lipinski definition) is 2. The molecule has 0 bridgehead atoms. The molecule has 1 atom stereocenters. The maximum atomic E-state index is 12.5. The Labute approximate surface area is 158 Å². The largest absolute Gasteiger partial charge is 0.494 e. The lowest BCUT2D eigenvalue weighted by molar-refractivity contribution is -0.122. The maximum absolute atomic E-state index is 12.5. The number of carbonyl (C=O) groups excluding carboxylic acids is 2. The number of amides is 2. The fraction of sp³-hybridized carbons (Fsp3) is 0.421. The number of ether oxygens (including phenoxy) is 1. The van der Waals surface area contributed by atoms with E-state index in [1.165, 1.54) is 11.3 Å². The third kappa shape index (κ3) is 5.05. The predicted octanol–water partition coefficient (Wildman–Crippen LogP) is 3.16. The third-order valence-electron chi connectivity index (χ3n) is 3.71. The van der Waals surface area contributed by atoms with Crippen LogP contribution in [-0.4, -0.2) is 36.0 Å². The molecule has 0 aliphatic heterocycles. The van der Waals surface area contributed by atoms with Gasteiger partial charge in [0.15, 0.2) is 0 Å². The average molecular weight is 375 g/mol. The van der Waals surface area contributed by atoms with Crippen LogP contribution in [0.15, 0.2) is 24.3 Å². The number of nitrogens with zero attached hydrogens (tertiary/aromatic N) is 1. The molecule has 140 valence electrons. The van der Waals surface area contributed by atoms with Crippen LogP contribution in [0.3, 0.4) is 0 Å². The van der Waals surface area contributed by atoms with Crippen molar-refractivity contribution in [3.8, 4) is 16.3 Å². The van der Waals surface area contributed by atoms with E-state index in [-0.39, 0.29) is 11.8 Å². The molecule has 6 nitrogen and oxygen atoms in total. The first-order chi connectivity index (χ1) is 12.5. The molecular weight excluding hydrogens is 350 g/mol. The standard InChI is InChI=1S/C19H25N3O3S/c1-5-11-20-17(23)13(4)21-18(24)16-12(3)22-19(26-16)14-7-9-15(10-8-14)25-6-2/h7-10,13H,5-6,11H2,1-4H3,(H,20,23)(H,21,24). The first kappa shape index (κ1) is 19.9. The van der Waals surface area contributed by atoms with Crippen molar-refractivity contribution < 1.29 is 14.3 Å². The summed E-state index contributed by atoms with van der Waals surface area (Å²) < 4.78 is 5.44. The number of thiazole rings is 1. The molecule has 0 saturated carbocycles. The molecule has 1 heterocycles. The number of benzene rings is 1. The topological polar surface area (TPSA) is 80.3 Å². The van der Waals surface area contributed by atoms with Crippen LogP contribution in [0.1, 0.15) is 42.6 Å². The minimum Gasteiger partial charge on any atom is -0.494 e. The quantitative estimate of drug-likeness (QED) is 0.743. The summed E-state index contributed by atoms with van der Waals surface area (Å²) in [6, 6.07) is 7.02. The molecule has 1 aromatic heterocycles. The van der Waals surface area contributed by atoms with Crippen molar-refractivity contribution in [3.63, 3.8) is 0 Å². The van der Waals surface area contributed by atoms with Crippen LogP contribution in [0.2, 0.25) is 0 Å². The second kappa shape index (κ2) is 9.33. The lowest BCUT2D eigenvalue weighted by Crippen LogP contribution is -2.44. The van der Waals surface area contributed by atoms with Gasteiger partial charge in [0.25, 0.3) is 5.91 Å². The van der Waals surface area contributed by atoms with Crippen LogP contribution in [0.25, 0.3) is 10.6 Å². The van der Waals surface area contributed by atoms with Crippen LogP contribution >= 0.6 is 11.3 Å². The molecule has 2 N–H and O–H groups in total. The second-order valence-corrected chi connectivity index (χ2v) is 6.88. The van der Waals surface area contributed by atoms with Crippen molar-refractivity contribution in [1.29, 1.82) is 0 Å². The summed E-state index contributed by atoms with van der Waals surface area (Å²) in [7, 11) is 0. The second-order valence-electron chi connectivity index (χ2n) is 5.88. The van der Waals surface area contributed by atoms with E-state index in [2.05, 4.69) is 15.6 Å². The Hall–Kier alpha value is -2.41. The molecule has 1 unspecified atom stereocenters. The average Bonchev–Trinajstić information content (AvgIpc) is 3.02. The minimum absolute atomic E-state index is 0.186. The number of rotatable bonds is 8. The van der Waals surface area contributed by atoms with Gasteiger partial charge in [-0.1, -0.05) is 6.92 Å². The van der Waals surface area contributed by atoms with E-state index < -0.39 is 6.04 Å². The van der Waals surface area contributed by atoms with Crippen LogP contribution in [0.4, 0.5) is 0 Å². The highest BCUT2D eigenvalue weighted by Gasteiger charge is 2.20. The summed E-state index contributed by atoms with van der Waals surface area (Å²) in [5, 5.41) is 6.27. The van der Waals surface area contributed by atoms with Gasteiger partial charge < -0.3 is 15.4 Å². The zero-order chi connectivity index (χ0) is 19.1. The van der Waals surface area contributed by atoms with E-state index in [0.717, 1.165) is 22.7 Å². The maximum Gasteiger partial charge on any atom is 0.263 e. The van der Waals surface area contributed by atoms with Crippen molar-refractivity contribution in [2.24, 2.45) is 0 Å². The number of aromatic nitrogens is 1. The summed E-state index contributed by atoms with van der Waals surface area (Å²) in [6.45, 7) is 8.60. The van der Waals surface area contributed by atoms with Crippen LogP contribution in [-0.2, 0) is 4.79 Å². The van der Waals surface area contributed by atoms with Gasteiger partial charge in [-0.15, -0.1) is 11.3 Å². The molecule has 7 heteroatoms. The van der Waals surface area contributed by atoms with Crippen molar-refractivity contribution >= 4 is 23.2 Å². The normalized spacial score (nSPS) is 11.7. The molecule has 0 aliphatic rings. The zero-order valence-corrected chi connectivity index (χ0v) is 16.4. The number of aryl methyl sites for hydroxylation is 1. The smallest absolute Gasteiger partial charge is 0.263 e. The zero-order valence-electron chi connectivity index (χ0n) is 15.6. The molecule has 1 aromatic carbocycles. The summed E-state index contributed by atoms with van der Waals surface area (Å²) in [4.78, 5) is 29.4. The van der Waals surface area contributed by atoms with Gasteiger partial charge in [-0.2, -0.15) is 0 Å². The monoisotopic (exact) mass is 375 g/mol. The first-order valence-electron chi connectivity index (χ1n) is 8.75. The molecular formula is C19H25N3O3S. The molecule has 2 amide bonds. The number of carbonyl (C=O) groups is 2. The molecule has 0 fully saturated rings. The summed E-state index contributed by atoms with van der Waals surface area (Å²) in [5.41, 5.74) is 1.58. The molecule has 2 aromatic rings. The van der Waals surface area contributed by atoms with E-state index in [1.807, 2.05) is 38.1 Å². The third-order valence-corrected chi connectivity index (χ3v) is 4.91. The van der Waals surface area contributed by atoms with Gasteiger partial charge >= 0.3 is 0 Å². The number of nitrogens with one attached hydrogen (secondary N) is 2. The van der Waals surface area contributed by atoms with Crippen LogP contribution < -0.4 is 15.4 Å². The minimum atomic E-state index is -0.593. The Morgan fingerprint density at radius 1 is 1.23 bits per heavy atom. The lowest BCUT2D eigenvalue weighted by atomic mass is 10.2. The Kier molecular flexibility index (Phi) is 7.15. The first-order valence-corrected chi connectivity index (χ1v) is 9.57. The summed E-state index contributed by atoms with van der Waals surface area (Å²) >= 11 is 1.32. The fourth-order valence-corrected chi connectivity index (χ4v) is 3.29. The summed E-state index contributed by atoms with van der Waals surface area (Å²) in [5.74, 6) is 0.333. The highest BCUT2D eigenvalue weighted by Crippen LogP contribution is 2.29. The lowest BCUT2D eigenvalue weighted by Gasteiger charge is -2.13. The van der Waals surface area contributed by atoms with E-state index in [0.29, 0.717) is 23.7 Å². The van der Waals surface area contributed by atoms with Gasteiger partial charge in [0.05, 0.1) is 12.3 Å². The Morgan fingerprint density at radius 2 is 1.92 bits per heavy atom. The SMILES string of the molecule is CCCNC(=O)C(C)NC(=O)c1sc(-c2ccc(OCC)cc2)nc1C. The van der Waals surface area contributed by atoms with Gasteiger partial charge in [0.2, 0.25) is 5.91 Å². The highest BCUT2D eigenvalue weighted by molar-refractivity contribution is 7.17. The van der Waals surface area contributed by atoms with E-state index in [9.17, 15) is 9.59 Å². The van der Waals surface area contributed by atoms with Crippen molar-refractivity contribution in [1.82, 2.24) is 15.6 Å². The van der Waals surface area contributed by atoms with Crippen LogP contribution in [0, 0.1) is 6.92 Å². The Morgan fingerprint density at radius 3 is 2.54 bits per heavy atom. The van der Waals surface area contributed by atoms with Gasteiger partial charge in [-0.3, -0.25) is 9.59 Å². The fourth-order valence-electron chi connectivity index (χ4n) is 2.32. The van der Waals surface area contributed by atoms with Gasteiger partial charge in [-0.05, 0) is 51.5 Å². The van der Waals surface area contributed by atoms with Crippen molar-refractivity contribution in [3.05, 3.63) is 34.8 Å². The molecule has 2 rings (SSSR count). The van der Waals surface area contributed by atoms with Crippen molar-refractivity contribution in [2.45, 2.75) is 40.2 Å². The van der Waals surface area contributed by atoms with E-state index in [1.54, 1.807) is 13.8 Å². The Bertz CT molecular complexity index is 756. The molecule has 0 radical (unpaired) electrons. The van der Waals surface area contributed by atoms with Gasteiger partial charge in [-0.25, -0.2) is 4.98 Å². The number of hydrogen-bond acceptors (Lipinski definition) is 5. The molecule has 0 aliphatic carbocycles. The molecule has 0 saturated heterocycles. The Balaban J connectivity index is 2.09. The van der Waals surface area contributed by atoms with Gasteiger partial charge in [0.1, 0.15) is 21.7 Å². The van der Waals surface area contributed by atoms with Crippen molar-refractivity contribution in [2.75, 3.05) is 13.2 Å². The van der Waals surface area contributed by atoms with E-state index in [4.69, 9.17) is 4.74 Å². The van der Waals surface area contributed by atoms with Gasteiger partial charge in [0, 0.05) is 12.1 Å². The predicted molar refractivity (Wildman–Crippen MR) is 104 cm³/mol. The molecule has 26 heavy (non-hydrogen) atoms. The highest BCUT2D eigenvalue weighted by atomic mass is 32.1. The molecule has 0 spiro atoms. The van der Waals surface area contributed by atoms with Crippen LogP contribution in [0.5, 0.6) is 5.75 Å². The van der Waals surface area contributed by atoms with E-state index >= 15 is 0 Å².